The van der Waals surface area contributed by atoms with E-state index in [0.717, 1.165) is 5.69 Å². The van der Waals surface area contributed by atoms with E-state index in [1.165, 1.54) is 29.0 Å². The second-order valence-corrected chi connectivity index (χ2v) is 5.52. The van der Waals surface area contributed by atoms with E-state index in [-0.39, 0.29) is 18.1 Å². The lowest BCUT2D eigenvalue weighted by Crippen LogP contribution is -2.01. The number of hydrogen-bond donors (Lipinski definition) is 2. The largest absolute Gasteiger partial charge is 0.504 e. The molecule has 0 radical (unpaired) electrons. The normalized spacial score (nSPS) is 10.9. The number of nitrogens with zero attached hydrogens (tertiary/aromatic N) is 3. The Bertz CT molecular complexity index is 981. The van der Waals surface area contributed by atoms with Crippen molar-refractivity contribution in [1.29, 1.82) is 0 Å². The third-order valence-corrected chi connectivity index (χ3v) is 3.65. The number of aromatic hydroxyl groups is 2. The highest BCUT2D eigenvalue weighted by atomic mass is 16.5. The minimum Gasteiger partial charge on any atom is -0.504 e. The number of phenols is 2. The molecule has 3 rings (SSSR count). The number of aromatic nitrogens is 3. The van der Waals surface area contributed by atoms with Crippen LogP contribution in [0.2, 0.25) is 0 Å². The molecule has 3 aromatic rings. The van der Waals surface area contributed by atoms with Gasteiger partial charge in [-0.15, -0.1) is 5.10 Å². The van der Waals surface area contributed by atoms with Crippen molar-refractivity contribution >= 4 is 12.0 Å². The van der Waals surface area contributed by atoms with Crippen LogP contribution >= 0.6 is 0 Å². The minimum absolute atomic E-state index is 0.0425. The number of methoxy groups -OCH3 is 1. The molecule has 0 unspecified atom stereocenters. The second kappa shape index (κ2) is 8.05. The highest BCUT2D eigenvalue weighted by Gasteiger charge is 2.09. The molecule has 138 valence electrons. The summed E-state index contributed by atoms with van der Waals surface area (Å²) in [6, 6.07) is 11.6. The summed E-state index contributed by atoms with van der Waals surface area (Å²) >= 11 is 0. The molecule has 0 amide bonds. The van der Waals surface area contributed by atoms with Crippen LogP contribution in [0.5, 0.6) is 17.2 Å². The maximum atomic E-state index is 11.8. The van der Waals surface area contributed by atoms with Gasteiger partial charge >= 0.3 is 5.97 Å². The van der Waals surface area contributed by atoms with Gasteiger partial charge in [0.1, 0.15) is 23.7 Å². The summed E-state index contributed by atoms with van der Waals surface area (Å²) < 4.78 is 11.9. The molecule has 0 atom stereocenters. The van der Waals surface area contributed by atoms with Gasteiger partial charge in [-0.3, -0.25) is 0 Å². The van der Waals surface area contributed by atoms with Gasteiger partial charge in [-0.2, -0.15) is 0 Å². The van der Waals surface area contributed by atoms with Crippen LogP contribution < -0.4 is 4.74 Å². The Morgan fingerprint density at radius 2 is 2.00 bits per heavy atom. The average Bonchev–Trinajstić information content (AvgIpc) is 3.16. The molecule has 8 nitrogen and oxygen atoms in total. The molecule has 27 heavy (non-hydrogen) atoms. The maximum absolute atomic E-state index is 11.8. The van der Waals surface area contributed by atoms with E-state index < -0.39 is 5.97 Å². The van der Waals surface area contributed by atoms with Crippen molar-refractivity contribution in [1.82, 2.24) is 15.0 Å². The van der Waals surface area contributed by atoms with E-state index >= 15 is 0 Å². The summed E-state index contributed by atoms with van der Waals surface area (Å²) in [5.41, 5.74) is 1.74. The highest BCUT2D eigenvalue weighted by molar-refractivity contribution is 5.87. The van der Waals surface area contributed by atoms with Gasteiger partial charge in [0.15, 0.2) is 11.5 Å². The van der Waals surface area contributed by atoms with Crippen LogP contribution in [0.1, 0.15) is 11.3 Å². The Morgan fingerprint density at radius 1 is 1.19 bits per heavy atom. The molecule has 1 aromatic heterocycles. The number of esters is 1. The van der Waals surface area contributed by atoms with Gasteiger partial charge in [-0.1, -0.05) is 23.4 Å². The average molecular weight is 367 g/mol. The zero-order chi connectivity index (χ0) is 19.2. The fraction of sp³-hybridized carbons (Fsp3) is 0.105. The lowest BCUT2D eigenvalue weighted by molar-refractivity contribution is -0.139. The number of hydrogen-bond acceptors (Lipinski definition) is 7. The van der Waals surface area contributed by atoms with E-state index in [1.54, 1.807) is 19.4 Å². The van der Waals surface area contributed by atoms with Gasteiger partial charge in [0.25, 0.3) is 0 Å². The molecule has 8 heteroatoms. The first kappa shape index (κ1) is 18.0. The molecule has 2 aromatic carbocycles. The van der Waals surface area contributed by atoms with E-state index in [2.05, 4.69) is 10.3 Å². The molecule has 0 aliphatic carbocycles. The Hall–Kier alpha value is -3.81. The molecule has 1 heterocycles. The molecule has 0 saturated carbocycles. The zero-order valence-corrected chi connectivity index (χ0v) is 14.4. The number of para-hydroxylation sites is 2. The molecule has 0 aliphatic heterocycles. The van der Waals surface area contributed by atoms with Crippen LogP contribution in [0.25, 0.3) is 11.8 Å². The Labute approximate surface area is 154 Å². The first-order valence-corrected chi connectivity index (χ1v) is 7.98. The van der Waals surface area contributed by atoms with E-state index in [9.17, 15) is 15.0 Å². The number of carbonyl (C=O) groups is 1. The molecule has 0 fully saturated rings. The predicted octanol–water partition coefficient (Wildman–Crippen LogP) is 2.44. The van der Waals surface area contributed by atoms with Crippen molar-refractivity contribution in [2.24, 2.45) is 0 Å². The van der Waals surface area contributed by atoms with E-state index in [0.29, 0.717) is 17.0 Å². The lowest BCUT2D eigenvalue weighted by Gasteiger charge is -2.06. The number of benzene rings is 2. The number of rotatable bonds is 6. The van der Waals surface area contributed by atoms with Crippen LogP contribution in [0, 0.1) is 0 Å². The summed E-state index contributed by atoms with van der Waals surface area (Å²) in [6.45, 7) is -0.0425. The SMILES string of the molecule is COc1ccccc1-n1cc(COC(=O)/C=C/c2ccc(O)c(O)c2)nn1. The zero-order valence-electron chi connectivity index (χ0n) is 14.4. The Morgan fingerprint density at radius 3 is 2.78 bits per heavy atom. The molecular weight excluding hydrogens is 350 g/mol. The molecule has 0 spiro atoms. The molecular formula is C19H17N3O5. The van der Waals surface area contributed by atoms with E-state index in [1.807, 2.05) is 24.3 Å². The third kappa shape index (κ3) is 4.43. The fourth-order valence-electron chi connectivity index (χ4n) is 2.30. The van der Waals surface area contributed by atoms with Gasteiger partial charge in [-0.25, -0.2) is 9.48 Å². The third-order valence-electron chi connectivity index (χ3n) is 3.65. The van der Waals surface area contributed by atoms with Crippen molar-refractivity contribution in [2.45, 2.75) is 6.61 Å². The number of ether oxygens (including phenoxy) is 2. The topological polar surface area (TPSA) is 107 Å². The lowest BCUT2D eigenvalue weighted by atomic mass is 10.2. The van der Waals surface area contributed by atoms with Crippen LogP contribution in [-0.2, 0) is 16.1 Å². The second-order valence-electron chi connectivity index (χ2n) is 5.52. The maximum Gasteiger partial charge on any atom is 0.331 e. The molecule has 0 aliphatic rings. The van der Waals surface area contributed by atoms with Crippen LogP contribution in [-0.4, -0.2) is 38.3 Å². The van der Waals surface area contributed by atoms with Crippen molar-refractivity contribution in [2.75, 3.05) is 7.11 Å². The minimum atomic E-state index is -0.575. The summed E-state index contributed by atoms with van der Waals surface area (Å²) in [5.74, 6) is -0.424. The fourth-order valence-corrected chi connectivity index (χ4v) is 2.30. The molecule has 2 N–H and O–H groups in total. The monoisotopic (exact) mass is 367 g/mol. The van der Waals surface area contributed by atoms with E-state index in [4.69, 9.17) is 9.47 Å². The van der Waals surface area contributed by atoms with Gasteiger partial charge in [0.05, 0.1) is 13.3 Å². The van der Waals surface area contributed by atoms with Crippen LogP contribution in [0.4, 0.5) is 0 Å². The van der Waals surface area contributed by atoms with Crippen LogP contribution in [0.3, 0.4) is 0 Å². The van der Waals surface area contributed by atoms with Crippen molar-refractivity contribution in [3.8, 4) is 22.9 Å². The van der Waals surface area contributed by atoms with Gasteiger partial charge in [0.2, 0.25) is 0 Å². The molecule has 0 bridgehead atoms. The predicted molar refractivity (Wildman–Crippen MR) is 96.5 cm³/mol. The first-order valence-electron chi connectivity index (χ1n) is 7.98. The Kier molecular flexibility index (Phi) is 5.36. The standard InChI is InChI=1S/C19H17N3O5/c1-26-18-5-3-2-4-15(18)22-11-14(20-21-22)12-27-19(25)9-7-13-6-8-16(23)17(24)10-13/h2-11,23-24H,12H2,1H3/b9-7+. The summed E-state index contributed by atoms with van der Waals surface area (Å²) in [6.07, 6.45) is 4.33. The quantitative estimate of drug-likeness (QED) is 0.391. The van der Waals surface area contributed by atoms with Crippen LogP contribution in [0.15, 0.2) is 54.7 Å². The van der Waals surface area contributed by atoms with Crippen molar-refractivity contribution in [3.05, 3.63) is 66.0 Å². The highest BCUT2D eigenvalue weighted by Crippen LogP contribution is 2.25. The summed E-state index contributed by atoms with van der Waals surface area (Å²) in [7, 11) is 1.57. The number of carbonyl (C=O) groups excluding carboxylic acids is 1. The first-order chi connectivity index (χ1) is 13.1. The number of phenolic OH excluding ortho intramolecular Hbond substituents is 2. The molecule has 0 saturated heterocycles. The summed E-state index contributed by atoms with van der Waals surface area (Å²) in [4.78, 5) is 11.8. The smallest absolute Gasteiger partial charge is 0.331 e. The van der Waals surface area contributed by atoms with Gasteiger partial charge < -0.3 is 19.7 Å². The van der Waals surface area contributed by atoms with Crippen molar-refractivity contribution < 1.29 is 24.5 Å². The Balaban J connectivity index is 1.60. The summed E-state index contributed by atoms with van der Waals surface area (Å²) in [5, 5.41) is 26.7. The van der Waals surface area contributed by atoms with Crippen molar-refractivity contribution in [3.63, 3.8) is 0 Å². The van der Waals surface area contributed by atoms with Gasteiger partial charge in [0, 0.05) is 6.08 Å². The van der Waals surface area contributed by atoms with Gasteiger partial charge in [-0.05, 0) is 35.9 Å².